The molecule has 0 bridgehead atoms. The lowest BCUT2D eigenvalue weighted by molar-refractivity contribution is 0.530. The maximum Gasteiger partial charge on any atom is 0.0492 e. The zero-order valence-electron chi connectivity index (χ0n) is 10.1. The highest BCUT2D eigenvalue weighted by molar-refractivity contribution is 5.33. The molecule has 1 unspecified atom stereocenters. The molecule has 1 aromatic carbocycles. The summed E-state index contributed by atoms with van der Waals surface area (Å²) < 4.78 is 1.96. The normalized spacial score (nSPS) is 18.3. The number of fused-ring (bicyclic) bond motifs is 1. The average molecular weight is 227 g/mol. The first-order valence-electron chi connectivity index (χ1n) is 6.12. The van der Waals surface area contributed by atoms with Crippen molar-refractivity contribution in [2.75, 3.05) is 0 Å². The van der Waals surface area contributed by atoms with E-state index in [4.69, 9.17) is 0 Å². The van der Waals surface area contributed by atoms with Gasteiger partial charge in [-0.1, -0.05) is 24.3 Å². The van der Waals surface area contributed by atoms with Crippen molar-refractivity contribution in [3.05, 3.63) is 53.3 Å². The molecule has 1 aromatic heterocycles. The van der Waals surface area contributed by atoms with E-state index in [9.17, 15) is 0 Å². The van der Waals surface area contributed by atoms with Gasteiger partial charge in [-0.2, -0.15) is 5.10 Å². The Morgan fingerprint density at radius 1 is 1.35 bits per heavy atom. The minimum Gasteiger partial charge on any atom is -0.306 e. The van der Waals surface area contributed by atoms with Gasteiger partial charge in [0.05, 0.1) is 0 Å². The topological polar surface area (TPSA) is 29.9 Å². The molecule has 88 valence electrons. The molecule has 0 spiro atoms. The molecule has 0 saturated carbocycles. The van der Waals surface area contributed by atoms with Crippen LogP contribution in [0.3, 0.4) is 0 Å². The van der Waals surface area contributed by atoms with Crippen LogP contribution in [0.25, 0.3) is 0 Å². The summed E-state index contributed by atoms with van der Waals surface area (Å²) in [6.07, 6.45) is 4.07. The molecule has 0 amide bonds. The molecule has 1 aliphatic heterocycles. The van der Waals surface area contributed by atoms with Crippen LogP contribution in [0, 0.1) is 0 Å². The molecular weight excluding hydrogens is 210 g/mol. The largest absolute Gasteiger partial charge is 0.306 e. The maximum atomic E-state index is 4.20. The molecule has 0 fully saturated rings. The molecule has 2 aromatic rings. The van der Waals surface area contributed by atoms with Crippen molar-refractivity contribution in [2.24, 2.45) is 7.05 Å². The molecular formula is C14H17N3. The summed E-state index contributed by atoms with van der Waals surface area (Å²) >= 11 is 0. The van der Waals surface area contributed by atoms with Gasteiger partial charge < -0.3 is 5.32 Å². The highest BCUT2D eigenvalue weighted by atomic mass is 15.2. The lowest BCUT2D eigenvalue weighted by atomic mass is 10.0. The molecule has 0 radical (unpaired) electrons. The van der Waals surface area contributed by atoms with Gasteiger partial charge in [0.25, 0.3) is 0 Å². The van der Waals surface area contributed by atoms with E-state index >= 15 is 0 Å². The van der Waals surface area contributed by atoms with Crippen molar-refractivity contribution < 1.29 is 0 Å². The number of nitrogens with one attached hydrogen (secondary N) is 1. The van der Waals surface area contributed by atoms with Gasteiger partial charge >= 0.3 is 0 Å². The Labute approximate surface area is 101 Å². The summed E-state index contributed by atoms with van der Waals surface area (Å²) in [6, 6.07) is 11.3. The first-order valence-corrected chi connectivity index (χ1v) is 6.12. The molecule has 0 saturated heterocycles. The number of hydrogen-bond donors (Lipinski definition) is 1. The van der Waals surface area contributed by atoms with E-state index < -0.39 is 0 Å². The molecule has 3 heteroatoms. The zero-order valence-corrected chi connectivity index (χ0v) is 10.1. The van der Waals surface area contributed by atoms with Gasteiger partial charge in [-0.25, -0.2) is 0 Å². The number of hydrogen-bond acceptors (Lipinski definition) is 2. The third kappa shape index (κ3) is 1.98. The second kappa shape index (κ2) is 4.34. The summed E-state index contributed by atoms with van der Waals surface area (Å²) in [7, 11) is 2.01. The first kappa shape index (κ1) is 10.5. The molecule has 1 aliphatic rings. The zero-order chi connectivity index (χ0) is 11.7. The fourth-order valence-corrected chi connectivity index (χ4v) is 2.57. The van der Waals surface area contributed by atoms with Gasteiger partial charge in [0.15, 0.2) is 0 Å². The highest BCUT2D eigenvalue weighted by Crippen LogP contribution is 2.28. The standard InChI is InChI=1S/C14H17N3/c1-17-12(8-9-16-17)6-7-14-13-5-3-2-4-11(13)10-15-14/h2-5,8-9,14-15H,6-7,10H2,1H3. The number of aromatic nitrogens is 2. The molecule has 0 aliphatic carbocycles. The number of aryl methyl sites for hydroxylation is 2. The molecule has 17 heavy (non-hydrogen) atoms. The van der Waals surface area contributed by atoms with E-state index in [-0.39, 0.29) is 0 Å². The predicted molar refractivity (Wildman–Crippen MR) is 67.6 cm³/mol. The van der Waals surface area contributed by atoms with Crippen molar-refractivity contribution in [1.29, 1.82) is 0 Å². The number of benzene rings is 1. The Morgan fingerprint density at radius 2 is 2.24 bits per heavy atom. The van der Waals surface area contributed by atoms with Crippen molar-refractivity contribution in [2.45, 2.75) is 25.4 Å². The van der Waals surface area contributed by atoms with Gasteiger partial charge in [0.1, 0.15) is 0 Å². The van der Waals surface area contributed by atoms with Crippen LogP contribution < -0.4 is 5.32 Å². The minimum absolute atomic E-state index is 0.501. The van der Waals surface area contributed by atoms with E-state index in [2.05, 4.69) is 40.7 Å². The fraction of sp³-hybridized carbons (Fsp3) is 0.357. The first-order chi connectivity index (χ1) is 8.34. The van der Waals surface area contributed by atoms with Crippen molar-refractivity contribution in [3.8, 4) is 0 Å². The Balaban J connectivity index is 1.70. The third-order valence-electron chi connectivity index (χ3n) is 3.58. The van der Waals surface area contributed by atoms with Crippen LogP contribution in [0.15, 0.2) is 36.5 Å². The van der Waals surface area contributed by atoms with Crippen molar-refractivity contribution in [1.82, 2.24) is 15.1 Å². The van der Waals surface area contributed by atoms with Crippen LogP contribution in [0.1, 0.15) is 29.3 Å². The smallest absolute Gasteiger partial charge is 0.0492 e. The van der Waals surface area contributed by atoms with Gasteiger partial charge in [-0.15, -0.1) is 0 Å². The monoisotopic (exact) mass is 227 g/mol. The third-order valence-corrected chi connectivity index (χ3v) is 3.58. The van der Waals surface area contributed by atoms with Crippen LogP contribution in [0.2, 0.25) is 0 Å². The maximum absolute atomic E-state index is 4.20. The fourth-order valence-electron chi connectivity index (χ4n) is 2.57. The molecule has 1 N–H and O–H groups in total. The van der Waals surface area contributed by atoms with Gasteiger partial charge in [0.2, 0.25) is 0 Å². The average Bonchev–Trinajstić information content (AvgIpc) is 2.93. The van der Waals surface area contributed by atoms with Crippen LogP contribution in [0.4, 0.5) is 0 Å². The van der Waals surface area contributed by atoms with Crippen LogP contribution in [-0.2, 0) is 20.0 Å². The Kier molecular flexibility index (Phi) is 2.69. The van der Waals surface area contributed by atoms with Crippen LogP contribution in [-0.4, -0.2) is 9.78 Å². The van der Waals surface area contributed by atoms with E-state index in [1.165, 1.54) is 16.8 Å². The molecule has 3 nitrogen and oxygen atoms in total. The minimum atomic E-state index is 0.501. The van der Waals surface area contributed by atoms with Gasteiger partial charge in [-0.3, -0.25) is 4.68 Å². The lowest BCUT2D eigenvalue weighted by Crippen LogP contribution is -2.13. The van der Waals surface area contributed by atoms with E-state index in [0.29, 0.717) is 6.04 Å². The summed E-state index contributed by atoms with van der Waals surface area (Å²) in [4.78, 5) is 0. The number of nitrogens with zero attached hydrogens (tertiary/aromatic N) is 2. The quantitative estimate of drug-likeness (QED) is 0.871. The summed E-state index contributed by atoms with van der Waals surface area (Å²) in [6.45, 7) is 1.01. The Morgan fingerprint density at radius 3 is 3.06 bits per heavy atom. The molecule has 3 rings (SSSR count). The Bertz CT molecular complexity index is 516. The summed E-state index contributed by atoms with van der Waals surface area (Å²) in [5.74, 6) is 0. The summed E-state index contributed by atoms with van der Waals surface area (Å²) in [5, 5.41) is 7.78. The van der Waals surface area contributed by atoms with Crippen LogP contribution >= 0.6 is 0 Å². The highest BCUT2D eigenvalue weighted by Gasteiger charge is 2.20. The van der Waals surface area contributed by atoms with Crippen molar-refractivity contribution >= 4 is 0 Å². The summed E-state index contributed by atoms with van der Waals surface area (Å²) in [5.41, 5.74) is 4.22. The van der Waals surface area contributed by atoms with Crippen molar-refractivity contribution in [3.63, 3.8) is 0 Å². The lowest BCUT2D eigenvalue weighted by Gasteiger charge is -2.11. The predicted octanol–water partition coefficient (Wildman–Crippen LogP) is 2.20. The SMILES string of the molecule is Cn1nccc1CCC1NCc2ccccc21. The number of rotatable bonds is 3. The van der Waals surface area contributed by atoms with Crippen LogP contribution in [0.5, 0.6) is 0 Å². The molecule has 1 atom stereocenters. The van der Waals surface area contributed by atoms with E-state index in [1.54, 1.807) is 0 Å². The molecule has 2 heterocycles. The van der Waals surface area contributed by atoms with Gasteiger partial charge in [0, 0.05) is 31.5 Å². The van der Waals surface area contributed by atoms with E-state index in [1.807, 2.05) is 17.9 Å². The van der Waals surface area contributed by atoms with E-state index in [0.717, 1.165) is 19.4 Å². The second-order valence-electron chi connectivity index (χ2n) is 4.62. The van der Waals surface area contributed by atoms with Gasteiger partial charge in [-0.05, 0) is 30.0 Å². The second-order valence-corrected chi connectivity index (χ2v) is 4.62. The Hall–Kier alpha value is -1.61.